The van der Waals surface area contributed by atoms with Gasteiger partial charge in [0.05, 0.1) is 46.9 Å². The van der Waals surface area contributed by atoms with Gasteiger partial charge in [-0.2, -0.15) is 5.26 Å². The normalized spacial score (nSPS) is 16.5. The number of allylic oxidation sites excluding steroid dienone is 1. The van der Waals surface area contributed by atoms with E-state index in [0.29, 0.717) is 33.0 Å². The summed E-state index contributed by atoms with van der Waals surface area (Å²) in [5.74, 6) is -1.69. The van der Waals surface area contributed by atoms with Gasteiger partial charge in [-0.1, -0.05) is 12.1 Å². The second-order valence-corrected chi connectivity index (χ2v) is 6.54. The Balaban J connectivity index is 2.72. The summed E-state index contributed by atoms with van der Waals surface area (Å²) in [4.78, 5) is 25.5. The molecule has 27 heavy (non-hydrogen) atoms. The van der Waals surface area contributed by atoms with Crippen LogP contribution in [-0.2, 0) is 19.1 Å². The maximum Gasteiger partial charge on any atom is 0.337 e. The van der Waals surface area contributed by atoms with Gasteiger partial charge in [0.25, 0.3) is 0 Å². The first-order valence-electron chi connectivity index (χ1n) is 8.58. The van der Waals surface area contributed by atoms with Crippen LogP contribution in [0.5, 0.6) is 0 Å². The molecule has 0 aliphatic carbocycles. The number of rotatable bonds is 6. The van der Waals surface area contributed by atoms with Gasteiger partial charge in [0.1, 0.15) is 0 Å². The van der Waals surface area contributed by atoms with E-state index in [-0.39, 0.29) is 13.2 Å². The average molecular weight is 386 g/mol. The van der Waals surface area contributed by atoms with E-state index >= 15 is 0 Å². The molecular formula is C20H22N2O4S. The molecule has 0 bridgehead atoms. The van der Waals surface area contributed by atoms with Gasteiger partial charge >= 0.3 is 11.9 Å². The highest BCUT2D eigenvalue weighted by Gasteiger charge is 2.38. The van der Waals surface area contributed by atoms with Crippen LogP contribution in [0.15, 0.2) is 46.1 Å². The Morgan fingerprint density at radius 1 is 1.19 bits per heavy atom. The standard InChI is InChI=1S/C20H22N2O4S/c1-5-25-19(23)15-12(3)22-18(27-4)17(20(24)26-6-2)16(15)14-9-7-8-13(10-14)11-21/h7-10,16,22H,5-6H2,1-4H3. The molecule has 1 atom stereocenters. The van der Waals surface area contributed by atoms with Crippen LogP contribution in [0.25, 0.3) is 0 Å². The summed E-state index contributed by atoms with van der Waals surface area (Å²) in [7, 11) is 0. The predicted molar refractivity (Wildman–Crippen MR) is 104 cm³/mol. The third-order valence-electron chi connectivity index (χ3n) is 4.07. The van der Waals surface area contributed by atoms with Crippen LogP contribution in [0.3, 0.4) is 0 Å². The lowest BCUT2D eigenvalue weighted by Gasteiger charge is -2.30. The smallest absolute Gasteiger partial charge is 0.337 e. The van der Waals surface area contributed by atoms with Gasteiger partial charge in [0.2, 0.25) is 0 Å². The van der Waals surface area contributed by atoms with Gasteiger partial charge in [-0.15, -0.1) is 11.8 Å². The van der Waals surface area contributed by atoms with E-state index < -0.39 is 17.9 Å². The summed E-state index contributed by atoms with van der Waals surface area (Å²) in [6.07, 6.45) is 1.84. The number of benzene rings is 1. The lowest BCUT2D eigenvalue weighted by atomic mass is 9.81. The van der Waals surface area contributed by atoms with Gasteiger partial charge in [0.15, 0.2) is 0 Å². The lowest BCUT2D eigenvalue weighted by molar-refractivity contribution is -0.139. The molecule has 1 aromatic carbocycles. The third-order valence-corrected chi connectivity index (χ3v) is 4.80. The van der Waals surface area contributed by atoms with E-state index in [2.05, 4.69) is 11.4 Å². The predicted octanol–water partition coefficient (Wildman–Crippen LogP) is 3.22. The SMILES string of the molecule is CCOC(=O)C1=C(C)NC(SC)=C(C(=O)OCC)C1c1cccc(C#N)c1. The van der Waals surface area contributed by atoms with Gasteiger partial charge in [-0.25, -0.2) is 9.59 Å². The molecule has 1 N–H and O–H groups in total. The Morgan fingerprint density at radius 3 is 2.37 bits per heavy atom. The molecule has 2 rings (SSSR count). The van der Waals surface area contributed by atoms with Gasteiger partial charge in [-0.3, -0.25) is 0 Å². The summed E-state index contributed by atoms with van der Waals surface area (Å²) < 4.78 is 10.5. The summed E-state index contributed by atoms with van der Waals surface area (Å²) in [5, 5.41) is 13.0. The molecule has 0 spiro atoms. The highest BCUT2D eigenvalue weighted by molar-refractivity contribution is 8.02. The molecule has 0 saturated heterocycles. The highest BCUT2D eigenvalue weighted by atomic mass is 32.2. The van der Waals surface area contributed by atoms with Crippen LogP contribution in [0, 0.1) is 11.3 Å². The number of dihydropyridines is 1. The van der Waals surface area contributed by atoms with Crippen LogP contribution in [0.2, 0.25) is 0 Å². The minimum absolute atomic E-state index is 0.215. The molecule has 1 aliphatic rings. The summed E-state index contributed by atoms with van der Waals surface area (Å²) in [5.41, 5.74) is 2.40. The maximum absolute atomic E-state index is 12.8. The molecule has 0 aromatic heterocycles. The molecule has 1 unspecified atom stereocenters. The lowest BCUT2D eigenvalue weighted by Crippen LogP contribution is -2.32. The van der Waals surface area contributed by atoms with E-state index in [1.54, 1.807) is 45.0 Å². The topological polar surface area (TPSA) is 88.4 Å². The Hall–Kier alpha value is -2.72. The first-order valence-corrected chi connectivity index (χ1v) is 9.81. The van der Waals surface area contributed by atoms with Crippen molar-refractivity contribution in [2.75, 3.05) is 19.5 Å². The van der Waals surface area contributed by atoms with Crippen molar-refractivity contribution < 1.29 is 19.1 Å². The summed E-state index contributed by atoms with van der Waals surface area (Å²) in [6, 6.07) is 8.98. The number of nitrogens with zero attached hydrogens (tertiary/aromatic N) is 1. The van der Waals surface area contributed by atoms with Crippen molar-refractivity contribution in [3.05, 3.63) is 57.3 Å². The number of hydrogen-bond acceptors (Lipinski definition) is 7. The van der Waals surface area contributed by atoms with Crippen LogP contribution in [-0.4, -0.2) is 31.4 Å². The Bertz CT molecular complexity index is 852. The van der Waals surface area contributed by atoms with E-state index in [4.69, 9.17) is 9.47 Å². The Morgan fingerprint density at radius 2 is 1.81 bits per heavy atom. The summed E-state index contributed by atoms with van der Waals surface area (Å²) >= 11 is 1.36. The molecule has 0 saturated carbocycles. The second kappa shape index (κ2) is 9.28. The minimum Gasteiger partial charge on any atom is -0.463 e. The van der Waals surface area contributed by atoms with Gasteiger partial charge < -0.3 is 14.8 Å². The molecular weight excluding hydrogens is 364 g/mol. The molecule has 1 heterocycles. The molecule has 0 radical (unpaired) electrons. The molecule has 142 valence electrons. The Labute approximate surface area is 163 Å². The van der Waals surface area contributed by atoms with Crippen molar-refractivity contribution in [1.29, 1.82) is 5.26 Å². The van der Waals surface area contributed by atoms with Crippen molar-refractivity contribution >= 4 is 23.7 Å². The first-order chi connectivity index (χ1) is 13.0. The number of carbonyl (C=O) groups excluding carboxylic acids is 2. The van der Waals surface area contributed by atoms with Crippen molar-refractivity contribution in [2.45, 2.75) is 26.7 Å². The second-order valence-electron chi connectivity index (χ2n) is 5.72. The van der Waals surface area contributed by atoms with Crippen molar-refractivity contribution in [3.63, 3.8) is 0 Å². The maximum atomic E-state index is 12.8. The van der Waals surface area contributed by atoms with Crippen LogP contribution >= 0.6 is 11.8 Å². The fourth-order valence-electron chi connectivity index (χ4n) is 2.98. The molecule has 0 amide bonds. The zero-order chi connectivity index (χ0) is 20.0. The number of nitriles is 1. The fraction of sp³-hybridized carbons (Fsp3) is 0.350. The molecule has 1 aliphatic heterocycles. The van der Waals surface area contributed by atoms with E-state index in [1.165, 1.54) is 11.8 Å². The van der Waals surface area contributed by atoms with Crippen LogP contribution in [0.4, 0.5) is 0 Å². The van der Waals surface area contributed by atoms with Gasteiger partial charge in [0, 0.05) is 5.70 Å². The van der Waals surface area contributed by atoms with Crippen molar-refractivity contribution in [3.8, 4) is 6.07 Å². The quantitative estimate of drug-likeness (QED) is 0.751. The zero-order valence-corrected chi connectivity index (χ0v) is 16.6. The summed E-state index contributed by atoms with van der Waals surface area (Å²) in [6.45, 7) is 5.66. The Kier molecular flexibility index (Phi) is 7.08. The number of ether oxygens (including phenoxy) is 2. The number of hydrogen-bond donors (Lipinski definition) is 1. The number of thioether (sulfide) groups is 1. The number of carbonyl (C=O) groups is 2. The van der Waals surface area contributed by atoms with Crippen LogP contribution < -0.4 is 5.32 Å². The number of esters is 2. The minimum atomic E-state index is -0.680. The molecule has 0 fully saturated rings. The first kappa shape index (κ1) is 20.6. The van der Waals surface area contributed by atoms with Gasteiger partial charge in [-0.05, 0) is 44.7 Å². The monoisotopic (exact) mass is 386 g/mol. The van der Waals surface area contributed by atoms with Crippen molar-refractivity contribution in [1.82, 2.24) is 5.32 Å². The van der Waals surface area contributed by atoms with Crippen LogP contribution in [0.1, 0.15) is 37.8 Å². The third kappa shape index (κ3) is 4.34. The largest absolute Gasteiger partial charge is 0.463 e. The molecule has 1 aromatic rings. The number of nitrogens with one attached hydrogen (secondary N) is 1. The average Bonchev–Trinajstić information content (AvgIpc) is 2.67. The van der Waals surface area contributed by atoms with E-state index in [0.717, 1.165) is 0 Å². The molecule has 6 nitrogen and oxygen atoms in total. The fourth-order valence-corrected chi connectivity index (χ4v) is 3.65. The highest BCUT2D eigenvalue weighted by Crippen LogP contribution is 2.41. The van der Waals surface area contributed by atoms with E-state index in [1.807, 2.05) is 6.26 Å². The zero-order valence-electron chi connectivity index (χ0n) is 15.8. The molecule has 7 heteroatoms. The van der Waals surface area contributed by atoms with Crippen molar-refractivity contribution in [2.24, 2.45) is 0 Å². The van der Waals surface area contributed by atoms with E-state index in [9.17, 15) is 14.9 Å².